The molecule has 2 saturated heterocycles. The van der Waals surface area contributed by atoms with Crippen LogP contribution >= 0.6 is 0 Å². The van der Waals surface area contributed by atoms with E-state index in [0.717, 1.165) is 39.0 Å². The Morgan fingerprint density at radius 1 is 1.35 bits per heavy atom. The van der Waals surface area contributed by atoms with Crippen molar-refractivity contribution in [1.29, 1.82) is 0 Å². The zero-order chi connectivity index (χ0) is 15.9. The number of morpholine rings is 1. The highest BCUT2D eigenvalue weighted by Gasteiger charge is 2.32. The van der Waals surface area contributed by atoms with Gasteiger partial charge in [-0.3, -0.25) is 4.79 Å². The summed E-state index contributed by atoms with van der Waals surface area (Å²) in [6.45, 7) is 4.19. The molecule has 0 spiro atoms. The van der Waals surface area contributed by atoms with Crippen LogP contribution in [-0.4, -0.2) is 62.4 Å². The van der Waals surface area contributed by atoms with Crippen LogP contribution in [0.25, 0.3) is 0 Å². The molecule has 0 radical (unpaired) electrons. The van der Waals surface area contributed by atoms with Gasteiger partial charge in [-0.05, 0) is 24.8 Å². The average molecular weight is 318 g/mol. The average Bonchev–Trinajstić information content (AvgIpc) is 3.09. The fraction of sp³-hybridized carbons (Fsp3) is 0.611. The molecule has 0 saturated carbocycles. The lowest BCUT2D eigenvalue weighted by atomic mass is 10.1. The number of rotatable bonds is 6. The second-order valence-electron chi connectivity index (χ2n) is 6.24. The lowest BCUT2D eigenvalue weighted by molar-refractivity contribution is -0.135. The Bertz CT molecular complexity index is 488. The number of carbonyl (C=O) groups excluding carboxylic acids is 1. The summed E-state index contributed by atoms with van der Waals surface area (Å²) >= 11 is 0. The number of hydrogen-bond donors (Lipinski definition) is 1. The van der Waals surface area contributed by atoms with Crippen LogP contribution in [-0.2, 0) is 20.7 Å². The van der Waals surface area contributed by atoms with Crippen molar-refractivity contribution in [2.75, 3.05) is 39.5 Å². The smallest absolute Gasteiger partial charge is 0.242 e. The zero-order valence-electron chi connectivity index (χ0n) is 13.6. The van der Waals surface area contributed by atoms with Crippen molar-refractivity contribution >= 4 is 5.91 Å². The minimum Gasteiger partial charge on any atom is -0.378 e. The van der Waals surface area contributed by atoms with Gasteiger partial charge in [-0.1, -0.05) is 30.3 Å². The predicted molar refractivity (Wildman–Crippen MR) is 88.3 cm³/mol. The zero-order valence-corrected chi connectivity index (χ0v) is 13.6. The lowest BCUT2D eigenvalue weighted by Crippen LogP contribution is -2.52. The van der Waals surface area contributed by atoms with E-state index in [-0.39, 0.29) is 18.1 Å². The number of nitrogens with one attached hydrogen (secondary N) is 1. The summed E-state index contributed by atoms with van der Waals surface area (Å²) in [6.07, 6.45) is 3.18. The number of benzene rings is 1. The lowest BCUT2D eigenvalue weighted by Gasteiger charge is -2.27. The molecule has 1 N–H and O–H groups in total. The van der Waals surface area contributed by atoms with E-state index in [1.54, 1.807) is 0 Å². The highest BCUT2D eigenvalue weighted by atomic mass is 16.5. The predicted octanol–water partition coefficient (Wildman–Crippen LogP) is 1.23. The first-order valence-electron chi connectivity index (χ1n) is 8.58. The molecule has 3 rings (SSSR count). The second-order valence-corrected chi connectivity index (χ2v) is 6.24. The molecule has 0 aliphatic carbocycles. The molecule has 0 aromatic heterocycles. The van der Waals surface area contributed by atoms with Gasteiger partial charge < -0.3 is 19.7 Å². The largest absolute Gasteiger partial charge is 0.378 e. The number of hydrogen-bond acceptors (Lipinski definition) is 4. The first-order chi connectivity index (χ1) is 11.3. The highest BCUT2D eigenvalue weighted by molar-refractivity contribution is 5.82. The molecule has 2 atom stereocenters. The van der Waals surface area contributed by atoms with Crippen LogP contribution in [0.3, 0.4) is 0 Å². The van der Waals surface area contributed by atoms with Gasteiger partial charge in [0.15, 0.2) is 0 Å². The standard InChI is InChI=1S/C18H26N2O3/c21-18(17-14-22-12-9-19-17)20-10-8-16(13-20)23-11-4-7-15-5-2-1-3-6-15/h1-3,5-6,16-17,19H,4,7-14H2. The first-order valence-corrected chi connectivity index (χ1v) is 8.58. The van der Waals surface area contributed by atoms with E-state index in [4.69, 9.17) is 9.47 Å². The van der Waals surface area contributed by atoms with E-state index >= 15 is 0 Å². The number of carbonyl (C=O) groups is 1. The number of aryl methyl sites for hydroxylation is 1. The Kier molecular flexibility index (Phi) is 6.02. The van der Waals surface area contributed by atoms with Crippen LogP contribution in [0.15, 0.2) is 30.3 Å². The Labute approximate surface area is 137 Å². The SMILES string of the molecule is O=C(C1COCCN1)N1CCC(OCCCc2ccccc2)C1. The molecular formula is C18H26N2O3. The van der Waals surface area contributed by atoms with Crippen LogP contribution in [0.1, 0.15) is 18.4 Å². The molecule has 23 heavy (non-hydrogen) atoms. The van der Waals surface area contributed by atoms with Gasteiger partial charge in [0, 0.05) is 26.2 Å². The Balaban J connectivity index is 1.34. The van der Waals surface area contributed by atoms with Gasteiger partial charge in [0.1, 0.15) is 6.04 Å². The maximum atomic E-state index is 12.4. The fourth-order valence-corrected chi connectivity index (χ4v) is 3.18. The van der Waals surface area contributed by atoms with Crippen molar-refractivity contribution < 1.29 is 14.3 Å². The van der Waals surface area contributed by atoms with Crippen LogP contribution in [0.4, 0.5) is 0 Å². The first kappa shape index (κ1) is 16.4. The molecular weight excluding hydrogens is 292 g/mol. The van der Waals surface area contributed by atoms with Crippen molar-refractivity contribution in [3.63, 3.8) is 0 Å². The van der Waals surface area contributed by atoms with Gasteiger partial charge in [-0.15, -0.1) is 0 Å². The van der Waals surface area contributed by atoms with E-state index in [2.05, 4.69) is 29.6 Å². The Hall–Kier alpha value is -1.43. The quantitative estimate of drug-likeness (QED) is 0.802. The summed E-state index contributed by atoms with van der Waals surface area (Å²) in [4.78, 5) is 14.3. The fourth-order valence-electron chi connectivity index (χ4n) is 3.18. The molecule has 5 nitrogen and oxygen atoms in total. The molecule has 0 bridgehead atoms. The van der Waals surface area contributed by atoms with E-state index in [1.807, 2.05) is 11.0 Å². The highest BCUT2D eigenvalue weighted by Crippen LogP contribution is 2.15. The normalized spacial score (nSPS) is 24.8. The molecule has 2 heterocycles. The third kappa shape index (κ3) is 4.77. The van der Waals surface area contributed by atoms with Crippen molar-refractivity contribution in [3.05, 3.63) is 35.9 Å². The van der Waals surface area contributed by atoms with Gasteiger partial charge in [0.25, 0.3) is 0 Å². The Morgan fingerprint density at radius 3 is 3.00 bits per heavy atom. The van der Waals surface area contributed by atoms with Gasteiger partial charge in [0.05, 0.1) is 19.3 Å². The van der Waals surface area contributed by atoms with Gasteiger partial charge in [0.2, 0.25) is 5.91 Å². The maximum Gasteiger partial charge on any atom is 0.242 e. The van der Waals surface area contributed by atoms with Crippen molar-refractivity contribution in [2.45, 2.75) is 31.4 Å². The van der Waals surface area contributed by atoms with Crippen LogP contribution in [0.5, 0.6) is 0 Å². The van der Waals surface area contributed by atoms with E-state index in [0.29, 0.717) is 19.8 Å². The van der Waals surface area contributed by atoms with Crippen molar-refractivity contribution in [3.8, 4) is 0 Å². The molecule has 2 unspecified atom stereocenters. The molecule has 5 heteroatoms. The minimum absolute atomic E-state index is 0.153. The molecule has 1 aromatic carbocycles. The Morgan fingerprint density at radius 2 is 2.22 bits per heavy atom. The number of likely N-dealkylation sites (tertiary alicyclic amines) is 1. The summed E-state index contributed by atoms with van der Waals surface area (Å²) in [5.41, 5.74) is 1.35. The van der Waals surface area contributed by atoms with E-state index in [1.165, 1.54) is 5.56 Å². The minimum atomic E-state index is -0.180. The molecule has 1 aromatic rings. The maximum absolute atomic E-state index is 12.4. The second kappa shape index (κ2) is 8.43. The van der Waals surface area contributed by atoms with E-state index in [9.17, 15) is 4.79 Å². The molecule has 1 amide bonds. The van der Waals surface area contributed by atoms with Crippen molar-refractivity contribution in [1.82, 2.24) is 10.2 Å². The third-order valence-electron chi connectivity index (χ3n) is 4.48. The third-order valence-corrected chi connectivity index (χ3v) is 4.48. The molecule has 2 fully saturated rings. The molecule has 2 aliphatic rings. The summed E-state index contributed by atoms with van der Waals surface area (Å²) in [5, 5.41) is 3.22. The number of amides is 1. The summed E-state index contributed by atoms with van der Waals surface area (Å²) < 4.78 is 11.3. The summed E-state index contributed by atoms with van der Waals surface area (Å²) in [5.74, 6) is 0.153. The van der Waals surface area contributed by atoms with Gasteiger partial charge in [-0.2, -0.15) is 0 Å². The van der Waals surface area contributed by atoms with Crippen LogP contribution in [0.2, 0.25) is 0 Å². The molecule has 2 aliphatic heterocycles. The summed E-state index contributed by atoms with van der Waals surface area (Å²) in [6, 6.07) is 10.3. The number of nitrogens with zero attached hydrogens (tertiary/aromatic N) is 1. The molecule has 126 valence electrons. The monoisotopic (exact) mass is 318 g/mol. The topological polar surface area (TPSA) is 50.8 Å². The van der Waals surface area contributed by atoms with E-state index < -0.39 is 0 Å². The van der Waals surface area contributed by atoms with Crippen molar-refractivity contribution in [2.24, 2.45) is 0 Å². The summed E-state index contributed by atoms with van der Waals surface area (Å²) in [7, 11) is 0. The van der Waals surface area contributed by atoms with Gasteiger partial charge >= 0.3 is 0 Å². The number of ether oxygens (including phenoxy) is 2. The van der Waals surface area contributed by atoms with Crippen LogP contribution in [0, 0.1) is 0 Å². The van der Waals surface area contributed by atoms with Gasteiger partial charge in [-0.25, -0.2) is 0 Å². The van der Waals surface area contributed by atoms with Crippen LogP contribution < -0.4 is 5.32 Å².